The van der Waals surface area contributed by atoms with Crippen molar-refractivity contribution in [2.75, 3.05) is 13.2 Å². The van der Waals surface area contributed by atoms with E-state index in [9.17, 15) is 9.59 Å². The molecule has 0 bridgehead atoms. The second kappa shape index (κ2) is 6.88. The third kappa shape index (κ3) is 3.65. The molecule has 8 heteroatoms. The van der Waals surface area contributed by atoms with Gasteiger partial charge in [0.05, 0.1) is 18.7 Å². The first-order valence-electron chi connectivity index (χ1n) is 7.38. The van der Waals surface area contributed by atoms with E-state index < -0.39 is 5.97 Å². The fourth-order valence-corrected chi connectivity index (χ4v) is 3.19. The summed E-state index contributed by atoms with van der Waals surface area (Å²) in [5.41, 5.74) is 1.28. The Bertz CT molecular complexity index is 787. The number of nitrogens with zero attached hydrogens (tertiary/aromatic N) is 1. The number of benzene rings is 1. The van der Waals surface area contributed by atoms with Crippen LogP contribution in [0.1, 0.15) is 25.9 Å². The van der Waals surface area contributed by atoms with Gasteiger partial charge in [-0.1, -0.05) is 6.07 Å². The number of hydrogen-bond acceptors (Lipinski definition) is 6. The van der Waals surface area contributed by atoms with Crippen LogP contribution >= 0.6 is 11.3 Å². The van der Waals surface area contributed by atoms with Gasteiger partial charge < -0.3 is 19.9 Å². The molecule has 2 heterocycles. The van der Waals surface area contributed by atoms with Gasteiger partial charge in [0.25, 0.3) is 0 Å². The van der Waals surface area contributed by atoms with E-state index in [0.29, 0.717) is 35.4 Å². The molecule has 0 atom stereocenters. The minimum absolute atomic E-state index is 0.170. The molecular formula is C16H16N2O5S. The molecule has 1 aromatic carbocycles. The van der Waals surface area contributed by atoms with Crippen molar-refractivity contribution in [2.24, 2.45) is 0 Å². The molecule has 126 valence electrons. The van der Waals surface area contributed by atoms with Crippen molar-refractivity contribution in [3.63, 3.8) is 0 Å². The molecule has 3 rings (SSSR count). The molecule has 1 aromatic heterocycles. The lowest BCUT2D eigenvalue weighted by molar-refractivity contribution is -0.120. The van der Waals surface area contributed by atoms with Crippen molar-refractivity contribution >= 4 is 23.2 Å². The lowest BCUT2D eigenvalue weighted by Gasteiger charge is -2.18. The van der Waals surface area contributed by atoms with Gasteiger partial charge in [0.15, 0.2) is 11.5 Å². The summed E-state index contributed by atoms with van der Waals surface area (Å²) >= 11 is 1.07. The number of fused-ring (bicyclic) bond motifs is 1. The van der Waals surface area contributed by atoms with E-state index in [1.54, 1.807) is 19.1 Å². The van der Waals surface area contributed by atoms with Gasteiger partial charge in [-0.3, -0.25) is 4.79 Å². The summed E-state index contributed by atoms with van der Waals surface area (Å²) in [6.07, 6.45) is 0.201. The summed E-state index contributed by atoms with van der Waals surface area (Å²) in [5.74, 6) is 0.160. The number of aromatic carboxylic acids is 1. The highest BCUT2D eigenvalue weighted by molar-refractivity contribution is 7.13. The Kier molecular flexibility index (Phi) is 4.66. The fraction of sp³-hybridized carbons (Fsp3) is 0.312. The number of carboxylic acids is 1. The first-order valence-corrected chi connectivity index (χ1v) is 8.19. The minimum Gasteiger partial charge on any atom is -0.486 e. The number of carboxylic acid groups (broad SMARTS) is 1. The number of hydrogen-bond donors (Lipinski definition) is 2. The van der Waals surface area contributed by atoms with E-state index in [1.807, 2.05) is 6.07 Å². The van der Waals surface area contributed by atoms with Crippen molar-refractivity contribution in [1.29, 1.82) is 0 Å². The maximum atomic E-state index is 12.1. The van der Waals surface area contributed by atoms with Crippen molar-refractivity contribution in [3.05, 3.63) is 39.3 Å². The van der Waals surface area contributed by atoms with Crippen molar-refractivity contribution in [1.82, 2.24) is 10.3 Å². The molecule has 2 N–H and O–H groups in total. The number of carbonyl (C=O) groups excluding carboxylic acids is 1. The predicted molar refractivity (Wildman–Crippen MR) is 86.8 cm³/mol. The van der Waals surface area contributed by atoms with Crippen LogP contribution in [0.2, 0.25) is 0 Å². The van der Waals surface area contributed by atoms with Gasteiger partial charge in [0.1, 0.15) is 23.1 Å². The number of nitrogens with one attached hydrogen (secondary N) is 1. The smallest absolute Gasteiger partial charge is 0.347 e. The molecule has 0 unspecified atom stereocenters. The van der Waals surface area contributed by atoms with Crippen LogP contribution in [0.25, 0.3) is 0 Å². The number of thiazole rings is 1. The standard InChI is InChI=1S/C16H16N2O5S/c1-9-15(16(20)21)24-14(18-9)8-17-13(19)7-10-2-3-11-12(6-10)23-5-4-22-11/h2-3,6H,4-5,7-8H2,1H3,(H,17,19)(H,20,21). The van der Waals surface area contributed by atoms with E-state index in [-0.39, 0.29) is 23.7 Å². The second-order valence-corrected chi connectivity index (χ2v) is 6.34. The Labute approximate surface area is 142 Å². The van der Waals surface area contributed by atoms with Crippen LogP contribution < -0.4 is 14.8 Å². The number of aryl methyl sites for hydroxylation is 1. The quantitative estimate of drug-likeness (QED) is 0.855. The van der Waals surface area contributed by atoms with E-state index in [0.717, 1.165) is 16.9 Å². The van der Waals surface area contributed by atoms with E-state index in [4.69, 9.17) is 14.6 Å². The number of rotatable bonds is 5. The maximum absolute atomic E-state index is 12.1. The molecule has 1 amide bonds. The molecule has 1 aliphatic rings. The molecule has 0 radical (unpaired) electrons. The molecule has 0 fully saturated rings. The number of ether oxygens (including phenoxy) is 2. The summed E-state index contributed by atoms with van der Waals surface area (Å²) in [6.45, 7) is 2.87. The van der Waals surface area contributed by atoms with Crippen LogP contribution in [-0.2, 0) is 17.8 Å². The average molecular weight is 348 g/mol. The summed E-state index contributed by atoms with van der Waals surface area (Å²) in [5, 5.41) is 12.3. The molecule has 0 spiro atoms. The molecular weight excluding hydrogens is 332 g/mol. The molecule has 24 heavy (non-hydrogen) atoms. The zero-order valence-electron chi connectivity index (χ0n) is 13.0. The Morgan fingerprint density at radius 2 is 2.04 bits per heavy atom. The van der Waals surface area contributed by atoms with Crippen LogP contribution in [0, 0.1) is 6.92 Å². The molecule has 7 nitrogen and oxygen atoms in total. The van der Waals surface area contributed by atoms with E-state index in [1.165, 1.54) is 0 Å². The Hall–Kier alpha value is -2.61. The van der Waals surface area contributed by atoms with Crippen molar-refractivity contribution < 1.29 is 24.2 Å². The topological polar surface area (TPSA) is 97.8 Å². The highest BCUT2D eigenvalue weighted by atomic mass is 32.1. The summed E-state index contributed by atoms with van der Waals surface area (Å²) in [4.78, 5) is 27.4. The van der Waals surface area contributed by atoms with Gasteiger partial charge in [0, 0.05) is 0 Å². The van der Waals surface area contributed by atoms with Gasteiger partial charge in [-0.05, 0) is 24.6 Å². The van der Waals surface area contributed by atoms with Crippen LogP contribution in [0.5, 0.6) is 11.5 Å². The zero-order chi connectivity index (χ0) is 17.1. The van der Waals surface area contributed by atoms with Crippen LogP contribution in [0.4, 0.5) is 0 Å². The monoisotopic (exact) mass is 348 g/mol. The maximum Gasteiger partial charge on any atom is 0.347 e. The lowest BCUT2D eigenvalue weighted by atomic mass is 10.1. The average Bonchev–Trinajstić information content (AvgIpc) is 2.94. The number of carbonyl (C=O) groups is 2. The Morgan fingerprint density at radius 1 is 1.29 bits per heavy atom. The molecule has 1 aliphatic heterocycles. The Morgan fingerprint density at radius 3 is 2.75 bits per heavy atom. The second-order valence-electron chi connectivity index (χ2n) is 5.26. The SMILES string of the molecule is Cc1nc(CNC(=O)Cc2ccc3c(c2)OCCO3)sc1C(=O)O. The van der Waals surface area contributed by atoms with Crippen molar-refractivity contribution in [2.45, 2.75) is 19.9 Å². The molecule has 0 saturated carbocycles. The van der Waals surface area contributed by atoms with Crippen LogP contribution in [-0.4, -0.2) is 35.2 Å². The van der Waals surface area contributed by atoms with Gasteiger partial charge in [0.2, 0.25) is 5.91 Å². The van der Waals surface area contributed by atoms with Crippen LogP contribution in [0.15, 0.2) is 18.2 Å². The third-order valence-electron chi connectivity index (χ3n) is 3.44. The highest BCUT2D eigenvalue weighted by Gasteiger charge is 2.15. The number of aromatic nitrogens is 1. The van der Waals surface area contributed by atoms with Crippen molar-refractivity contribution in [3.8, 4) is 11.5 Å². The zero-order valence-corrected chi connectivity index (χ0v) is 13.8. The first kappa shape index (κ1) is 16.3. The highest BCUT2D eigenvalue weighted by Crippen LogP contribution is 2.30. The molecule has 0 saturated heterocycles. The van der Waals surface area contributed by atoms with Gasteiger partial charge in [-0.25, -0.2) is 9.78 Å². The summed E-state index contributed by atoms with van der Waals surface area (Å²) in [7, 11) is 0. The van der Waals surface area contributed by atoms with Gasteiger partial charge >= 0.3 is 5.97 Å². The van der Waals surface area contributed by atoms with Crippen LogP contribution in [0.3, 0.4) is 0 Å². The van der Waals surface area contributed by atoms with E-state index in [2.05, 4.69) is 10.3 Å². The van der Waals surface area contributed by atoms with Gasteiger partial charge in [-0.2, -0.15) is 0 Å². The first-order chi connectivity index (χ1) is 11.5. The molecule has 0 aliphatic carbocycles. The fourth-order valence-electron chi connectivity index (χ4n) is 2.35. The predicted octanol–water partition coefficient (Wildman–Crippen LogP) is 1.78. The Balaban J connectivity index is 1.58. The summed E-state index contributed by atoms with van der Waals surface area (Å²) < 4.78 is 10.9. The summed E-state index contributed by atoms with van der Waals surface area (Å²) in [6, 6.07) is 5.41. The minimum atomic E-state index is -1.00. The largest absolute Gasteiger partial charge is 0.486 e. The molecule has 2 aromatic rings. The van der Waals surface area contributed by atoms with E-state index >= 15 is 0 Å². The van der Waals surface area contributed by atoms with Gasteiger partial charge in [-0.15, -0.1) is 11.3 Å². The normalized spacial score (nSPS) is 12.7. The number of amides is 1. The lowest BCUT2D eigenvalue weighted by Crippen LogP contribution is -2.24. The third-order valence-corrected chi connectivity index (χ3v) is 4.59.